The van der Waals surface area contributed by atoms with E-state index in [4.69, 9.17) is 33.7 Å². The van der Waals surface area contributed by atoms with Crippen LogP contribution in [-0.4, -0.2) is 177 Å². The molecule has 658 valence electrons. The van der Waals surface area contributed by atoms with Gasteiger partial charge in [-0.2, -0.15) is 20.1 Å². The van der Waals surface area contributed by atoms with Crippen LogP contribution in [-0.2, 0) is 21.4 Å². The lowest BCUT2D eigenvalue weighted by Gasteiger charge is -2.25. The van der Waals surface area contributed by atoms with Crippen LogP contribution < -0.4 is 82.1 Å². The fourth-order valence-corrected chi connectivity index (χ4v) is 15.0. The summed E-state index contributed by atoms with van der Waals surface area (Å²) in [6.45, 7) is 13.9. The number of rotatable bonds is 27. The van der Waals surface area contributed by atoms with Crippen molar-refractivity contribution in [1.29, 1.82) is 0 Å². The number of hydrogen-bond acceptors (Lipinski definition) is 28. The van der Waals surface area contributed by atoms with Gasteiger partial charge in [-0.3, -0.25) is 47.2 Å². The summed E-state index contributed by atoms with van der Waals surface area (Å²) in [4.78, 5) is 125. The van der Waals surface area contributed by atoms with Gasteiger partial charge in [0.25, 0.3) is 22.6 Å². The van der Waals surface area contributed by atoms with Crippen molar-refractivity contribution in [3.05, 3.63) is 239 Å². The fraction of sp³-hybridized carbons (Fsp3) is 0.258. The number of carbonyl (C=O) groups excluding carboxylic acids is 3. The molecule has 6 N–H and O–H groups in total. The van der Waals surface area contributed by atoms with Gasteiger partial charge < -0.3 is 75.2 Å². The van der Waals surface area contributed by atoms with Crippen LogP contribution in [0.1, 0.15) is 63.5 Å². The van der Waals surface area contributed by atoms with E-state index >= 15 is 0 Å². The number of benzene rings is 3. The van der Waals surface area contributed by atoms with E-state index in [1.54, 1.807) is 108 Å². The van der Waals surface area contributed by atoms with Crippen molar-refractivity contribution < 1.29 is 55.6 Å². The minimum Gasteiger partial charge on any atom is -0.494 e. The maximum atomic E-state index is 14.3. The molecular weight excluding hydrogens is 1660 g/mol. The predicted octanol–water partition coefficient (Wildman–Crippen LogP) is 13.6. The number of anilines is 11. The third-order valence-corrected chi connectivity index (χ3v) is 21.6. The van der Waals surface area contributed by atoms with Crippen LogP contribution in [0.4, 0.5) is 80.9 Å². The van der Waals surface area contributed by atoms with E-state index in [-0.39, 0.29) is 87.5 Å². The summed E-state index contributed by atoms with van der Waals surface area (Å²) in [6, 6.07) is 24.6. The van der Waals surface area contributed by atoms with Crippen molar-refractivity contribution in [3.63, 3.8) is 0 Å². The number of pyridine rings is 6. The second-order valence-corrected chi connectivity index (χ2v) is 30.7. The number of likely N-dealkylation sites (N-methyl/N-ethyl adjacent to an activating group) is 2. The first-order chi connectivity index (χ1) is 61.8. The highest BCUT2D eigenvalue weighted by Crippen LogP contribution is 2.44. The first-order valence-corrected chi connectivity index (χ1v) is 40.6. The highest BCUT2D eigenvalue weighted by Gasteiger charge is 2.33. The lowest BCUT2D eigenvalue weighted by Crippen LogP contribution is -2.31. The van der Waals surface area contributed by atoms with E-state index in [1.165, 1.54) is 53.2 Å². The molecule has 3 amide bonds. The van der Waals surface area contributed by atoms with E-state index in [0.29, 0.717) is 96.9 Å². The van der Waals surface area contributed by atoms with Gasteiger partial charge in [0.15, 0.2) is 28.7 Å². The molecule has 2 aliphatic heterocycles. The normalized spacial score (nSPS) is 14.8. The second kappa shape index (κ2) is 38.3. The predicted molar refractivity (Wildman–Crippen MR) is 475 cm³/mol. The first-order valence-electron chi connectivity index (χ1n) is 40.6. The van der Waals surface area contributed by atoms with E-state index in [0.717, 1.165) is 114 Å². The molecule has 2 unspecified atom stereocenters. The van der Waals surface area contributed by atoms with Crippen LogP contribution in [0.3, 0.4) is 0 Å². The second-order valence-electron chi connectivity index (χ2n) is 30.7. The van der Waals surface area contributed by atoms with Crippen LogP contribution in [0.25, 0.3) is 38.8 Å². The molecule has 0 radical (unpaired) electrons. The van der Waals surface area contributed by atoms with Crippen molar-refractivity contribution in [1.82, 2.24) is 78.1 Å². The number of methoxy groups -OCH3 is 2. The quantitative estimate of drug-likeness (QED) is 0.0206. The van der Waals surface area contributed by atoms with Crippen LogP contribution in [0.15, 0.2) is 199 Å². The number of ether oxygens (including phenoxy) is 5. The number of amides is 3. The average Bonchev–Trinajstić information content (AvgIpc) is 1.36. The number of aryl methyl sites for hydroxylation is 1. The summed E-state index contributed by atoms with van der Waals surface area (Å²) in [7, 11) is 13.2. The molecule has 2 atom stereocenters. The first kappa shape index (κ1) is 87.4. The molecule has 3 aromatic carbocycles. The standard InChI is InChI=1S/C33H37FN8O4.C31H33FN8O4.C25H18F2N8O3/c1-5-29(43)37-24-15-25(27(45-4)16-26(24)41-13-12-23(19-41)40(2)3)38-33-36-17-20-14-28(46-30-11-10-21(34)18-35-30)32(44)42(31(20)39-33)22-8-6-7-9-22;1-5-27(41)35-22-13-23(25(43-4)14-24(22)39-11-10-21(17-39)38(2)3)36-31-34-15-18-12-26(44-28-9-6-19(32)16-33-28)30(42)40(20-7-8-20)29(18)37-31;1-3-21(36)31-16-5-4-6-18(9-16)35-22-14(10-29-25(33-22)32-17-12-30-34(2)13-17)7-20(24(35)37)38-23-19(27)8-15(26)11-28-23/h5,10-11,14-18,22-23H,1,6-9,12-13,19H2,2-4H3,(H,37,43)(H,36,38,39);5-6,9,12-16,20-21H,1,7-8,10-11,17H2,2-4H3,(H,35,41)(H,34,36,37);3-13H,1H2,2H3,(H,31,36)(H,29,32,33). The summed E-state index contributed by atoms with van der Waals surface area (Å²) < 4.78 is 88.9. The summed E-state index contributed by atoms with van der Waals surface area (Å²) in [5.74, 6) is -2.97. The van der Waals surface area contributed by atoms with E-state index < -0.39 is 40.6 Å². The molecule has 35 nitrogen and oxygen atoms in total. The largest absolute Gasteiger partial charge is 0.494 e. The molecule has 4 fully saturated rings. The van der Waals surface area contributed by atoms with Crippen LogP contribution >= 0.6 is 0 Å². The zero-order chi connectivity index (χ0) is 90.1. The van der Waals surface area contributed by atoms with Crippen molar-refractivity contribution in [2.75, 3.05) is 110 Å². The number of nitrogens with zero attached hydrogens (tertiary/aromatic N) is 18. The Morgan fingerprint density at radius 2 is 0.938 bits per heavy atom. The number of halogens is 4. The molecule has 10 aromatic heterocycles. The Hall–Kier alpha value is -15.5. The van der Waals surface area contributed by atoms with E-state index in [2.05, 4.69) is 139 Å². The van der Waals surface area contributed by atoms with E-state index in [9.17, 15) is 46.3 Å². The number of nitrogens with one attached hydrogen (secondary N) is 6. The molecule has 2 saturated heterocycles. The monoisotopic (exact) mass is 1740 g/mol. The van der Waals surface area contributed by atoms with Gasteiger partial charge in [-0.1, -0.05) is 38.6 Å². The number of carbonyl (C=O) groups is 3. The molecule has 0 bridgehead atoms. The van der Waals surface area contributed by atoms with Crippen LogP contribution in [0.2, 0.25) is 0 Å². The molecule has 2 saturated carbocycles. The van der Waals surface area contributed by atoms with Gasteiger partial charge in [0, 0.05) is 134 Å². The minimum atomic E-state index is -1.09. The van der Waals surface area contributed by atoms with Gasteiger partial charge in [-0.25, -0.2) is 47.5 Å². The third kappa shape index (κ3) is 20.0. The Morgan fingerprint density at radius 3 is 1.38 bits per heavy atom. The Morgan fingerprint density at radius 1 is 0.469 bits per heavy atom. The van der Waals surface area contributed by atoms with Gasteiger partial charge in [0.2, 0.25) is 47.3 Å². The lowest BCUT2D eigenvalue weighted by molar-refractivity contribution is -0.112. The number of aromatic nitrogens is 14. The summed E-state index contributed by atoms with van der Waals surface area (Å²) in [6.07, 6.45) is 21.6. The number of hydrogen-bond donors (Lipinski definition) is 6. The van der Waals surface area contributed by atoms with Crippen molar-refractivity contribution in [2.24, 2.45) is 7.05 Å². The van der Waals surface area contributed by atoms with Gasteiger partial charge in [0.05, 0.1) is 84.5 Å². The average molecular weight is 1750 g/mol. The zero-order valence-corrected chi connectivity index (χ0v) is 70.6. The summed E-state index contributed by atoms with van der Waals surface area (Å²) >= 11 is 0. The Balaban J connectivity index is 0.000000148. The smallest absolute Gasteiger partial charge is 0.299 e. The zero-order valence-electron chi connectivity index (χ0n) is 70.6. The molecule has 2 aliphatic carbocycles. The molecule has 13 aromatic rings. The van der Waals surface area contributed by atoms with E-state index in [1.807, 2.05) is 12.1 Å². The lowest BCUT2D eigenvalue weighted by atomic mass is 10.2. The molecule has 4 aliphatic rings. The Bertz CT molecular complexity index is 6620. The Labute approximate surface area is 728 Å². The van der Waals surface area contributed by atoms with Crippen molar-refractivity contribution >= 4 is 114 Å². The molecule has 17 rings (SSSR count). The Kier molecular flexibility index (Phi) is 26.1. The molecule has 39 heteroatoms. The fourth-order valence-electron chi connectivity index (χ4n) is 15.0. The minimum absolute atomic E-state index is 0.0292. The topological polar surface area (TPSA) is 382 Å². The van der Waals surface area contributed by atoms with Crippen LogP contribution in [0, 0.1) is 23.3 Å². The highest BCUT2D eigenvalue weighted by molar-refractivity contribution is 6.04. The molecule has 12 heterocycles. The van der Waals surface area contributed by atoms with Crippen LogP contribution in [0.5, 0.6) is 46.4 Å². The maximum Gasteiger partial charge on any atom is 0.299 e. The highest BCUT2D eigenvalue weighted by atomic mass is 19.1. The van der Waals surface area contributed by atoms with Gasteiger partial charge >= 0.3 is 0 Å². The summed E-state index contributed by atoms with van der Waals surface area (Å²) in [5, 5.41) is 23.6. The molecular formula is C89H88F4N24O11. The molecule has 0 spiro atoms. The van der Waals surface area contributed by atoms with Gasteiger partial charge in [-0.15, -0.1) is 0 Å². The van der Waals surface area contributed by atoms with Crippen molar-refractivity contribution in [3.8, 4) is 52.1 Å². The van der Waals surface area contributed by atoms with Gasteiger partial charge in [0.1, 0.15) is 40.2 Å². The maximum absolute atomic E-state index is 14.3. The summed E-state index contributed by atoms with van der Waals surface area (Å²) in [5.41, 5.74) is 4.85. The third-order valence-electron chi connectivity index (χ3n) is 21.6. The number of fused-ring (bicyclic) bond motifs is 3. The molecule has 128 heavy (non-hydrogen) atoms. The SMILES string of the molecule is C=CC(=O)Nc1cc(Nc2ncc3cc(Oc4ccc(F)cn4)c(=O)n(C4CC4)c3n2)c(OC)cc1N1CCC(N(C)C)C1.C=CC(=O)Nc1cc(Nc2ncc3cc(Oc4ccc(F)cn4)c(=O)n(C4CCCC4)c3n2)c(OC)cc1N1CCC(N(C)C)C1.C=CC(=O)Nc1cccc(-n2c(=O)c(Oc3ncc(F)cc3F)cc3cnc(Nc4cnn(C)c4)nc32)c1. The van der Waals surface area contributed by atoms with Crippen molar-refractivity contribution in [2.45, 2.75) is 75.5 Å². The van der Waals surface area contributed by atoms with Gasteiger partial charge in [-0.05, 0) is 146 Å².